The van der Waals surface area contributed by atoms with Crippen LogP contribution >= 0.6 is 11.6 Å². The van der Waals surface area contributed by atoms with E-state index in [9.17, 15) is 4.39 Å². The largest absolute Gasteiger partial charge is 0.494 e. The number of halogens is 2. The highest BCUT2D eigenvalue weighted by Crippen LogP contribution is 2.29. The Hall–Kier alpha value is -1.00. The molecule has 0 amide bonds. The summed E-state index contributed by atoms with van der Waals surface area (Å²) in [6.07, 6.45) is 0. The lowest BCUT2D eigenvalue weighted by Gasteiger charge is -2.07. The molecule has 66 valence electrons. The van der Waals surface area contributed by atoms with Crippen molar-refractivity contribution in [2.45, 2.75) is 0 Å². The molecule has 5 heteroatoms. The predicted molar refractivity (Wildman–Crippen MR) is 45.8 cm³/mol. The summed E-state index contributed by atoms with van der Waals surface area (Å²) in [4.78, 5) is 0. The van der Waals surface area contributed by atoms with Crippen LogP contribution in [0.3, 0.4) is 0 Å². The number of hydrazine groups is 1. The molecule has 0 bridgehead atoms. The third kappa shape index (κ3) is 1.60. The van der Waals surface area contributed by atoms with Gasteiger partial charge in [0.2, 0.25) is 0 Å². The molecule has 0 atom stereocenters. The van der Waals surface area contributed by atoms with Gasteiger partial charge in [-0.1, -0.05) is 11.6 Å². The van der Waals surface area contributed by atoms with Gasteiger partial charge in [-0.3, -0.25) is 5.84 Å². The first-order valence-electron chi connectivity index (χ1n) is 3.18. The maximum Gasteiger partial charge on any atom is 0.146 e. The fourth-order valence-electron chi connectivity index (χ4n) is 0.810. The summed E-state index contributed by atoms with van der Waals surface area (Å²) in [6, 6.07) is 2.52. The molecule has 0 saturated heterocycles. The molecule has 3 nitrogen and oxygen atoms in total. The minimum Gasteiger partial charge on any atom is -0.494 e. The zero-order chi connectivity index (χ0) is 9.14. The van der Waals surface area contributed by atoms with Gasteiger partial charge in [-0.05, 0) is 6.07 Å². The van der Waals surface area contributed by atoms with E-state index in [0.29, 0.717) is 11.4 Å². The van der Waals surface area contributed by atoms with E-state index in [1.807, 2.05) is 0 Å². The minimum absolute atomic E-state index is 0.00347. The summed E-state index contributed by atoms with van der Waals surface area (Å²) >= 11 is 5.50. The van der Waals surface area contributed by atoms with E-state index in [1.165, 1.54) is 13.2 Å². The van der Waals surface area contributed by atoms with Gasteiger partial charge in [-0.25, -0.2) is 4.39 Å². The third-order valence-corrected chi connectivity index (χ3v) is 1.69. The Morgan fingerprint density at radius 2 is 2.25 bits per heavy atom. The van der Waals surface area contributed by atoms with Gasteiger partial charge in [0.05, 0.1) is 17.8 Å². The van der Waals surface area contributed by atoms with Gasteiger partial charge < -0.3 is 10.2 Å². The molecule has 0 aromatic heterocycles. The lowest BCUT2D eigenvalue weighted by molar-refractivity contribution is 0.413. The van der Waals surface area contributed by atoms with E-state index >= 15 is 0 Å². The highest BCUT2D eigenvalue weighted by molar-refractivity contribution is 6.31. The molecule has 12 heavy (non-hydrogen) atoms. The predicted octanol–water partition coefficient (Wildman–Crippen LogP) is 1.77. The number of ether oxygens (including phenoxy) is 1. The molecule has 3 N–H and O–H groups in total. The van der Waals surface area contributed by atoms with Crippen LogP contribution in [0.15, 0.2) is 12.1 Å². The standard InChI is InChI=1S/C7H8ClFN2O/c1-12-7-3-5(9)4(8)2-6(7)11-10/h2-3,11H,10H2,1H3. The number of anilines is 1. The van der Waals surface area contributed by atoms with Crippen LogP contribution in [-0.2, 0) is 0 Å². The number of rotatable bonds is 2. The second-order valence-electron chi connectivity index (χ2n) is 2.11. The Kier molecular flexibility index (Phi) is 2.73. The van der Waals surface area contributed by atoms with Crippen LogP contribution in [0.25, 0.3) is 0 Å². The summed E-state index contributed by atoms with van der Waals surface area (Å²) in [7, 11) is 1.42. The highest BCUT2D eigenvalue weighted by atomic mass is 35.5. The van der Waals surface area contributed by atoms with E-state index in [4.69, 9.17) is 22.2 Å². The number of hydrogen-bond acceptors (Lipinski definition) is 3. The van der Waals surface area contributed by atoms with Crippen LogP contribution in [-0.4, -0.2) is 7.11 Å². The first kappa shape index (κ1) is 9.09. The first-order chi connectivity index (χ1) is 5.69. The molecule has 0 radical (unpaired) electrons. The van der Waals surface area contributed by atoms with Crippen LogP contribution < -0.4 is 16.0 Å². The van der Waals surface area contributed by atoms with Crippen molar-refractivity contribution in [3.8, 4) is 5.75 Å². The minimum atomic E-state index is -0.535. The summed E-state index contributed by atoms with van der Waals surface area (Å²) < 4.78 is 17.6. The van der Waals surface area contributed by atoms with E-state index < -0.39 is 5.82 Å². The fourth-order valence-corrected chi connectivity index (χ4v) is 0.974. The lowest BCUT2D eigenvalue weighted by atomic mass is 10.3. The normalized spacial score (nSPS) is 9.67. The van der Waals surface area contributed by atoms with Gasteiger partial charge in [0, 0.05) is 6.07 Å². The first-order valence-corrected chi connectivity index (χ1v) is 3.56. The Labute approximate surface area is 74.2 Å². The van der Waals surface area contributed by atoms with Gasteiger partial charge in [0.1, 0.15) is 11.6 Å². The molecule has 0 aliphatic heterocycles. The number of methoxy groups -OCH3 is 1. The van der Waals surface area contributed by atoms with Gasteiger partial charge in [0.15, 0.2) is 0 Å². The van der Waals surface area contributed by atoms with Crippen molar-refractivity contribution in [3.05, 3.63) is 23.0 Å². The van der Waals surface area contributed by atoms with E-state index in [-0.39, 0.29) is 5.02 Å². The molecule has 0 fully saturated rings. The number of hydrogen-bond donors (Lipinski definition) is 2. The molecule has 0 aliphatic rings. The second kappa shape index (κ2) is 3.60. The van der Waals surface area contributed by atoms with Crippen LogP contribution in [0.2, 0.25) is 5.02 Å². The average molecular weight is 191 g/mol. The van der Waals surface area contributed by atoms with E-state index in [1.54, 1.807) is 0 Å². The highest BCUT2D eigenvalue weighted by Gasteiger charge is 2.07. The van der Waals surface area contributed by atoms with E-state index in [0.717, 1.165) is 6.07 Å². The van der Waals surface area contributed by atoms with Crippen molar-refractivity contribution < 1.29 is 9.13 Å². The number of benzene rings is 1. The molecule has 0 spiro atoms. The topological polar surface area (TPSA) is 47.3 Å². The lowest BCUT2D eigenvalue weighted by Crippen LogP contribution is -2.08. The zero-order valence-electron chi connectivity index (χ0n) is 6.40. The Bertz CT molecular complexity index is 264. The van der Waals surface area contributed by atoms with Gasteiger partial charge in [0.25, 0.3) is 0 Å². The van der Waals surface area contributed by atoms with Crippen molar-refractivity contribution >= 4 is 17.3 Å². The Morgan fingerprint density at radius 3 is 2.75 bits per heavy atom. The Balaban J connectivity index is 3.19. The molecular weight excluding hydrogens is 183 g/mol. The van der Waals surface area contributed by atoms with Crippen molar-refractivity contribution in [3.63, 3.8) is 0 Å². The van der Waals surface area contributed by atoms with Crippen LogP contribution in [0.5, 0.6) is 5.75 Å². The van der Waals surface area contributed by atoms with Crippen molar-refractivity contribution in [2.75, 3.05) is 12.5 Å². The smallest absolute Gasteiger partial charge is 0.146 e. The summed E-state index contributed by atoms with van der Waals surface area (Å²) in [5, 5.41) is 0.00347. The van der Waals surface area contributed by atoms with Gasteiger partial charge in [-0.15, -0.1) is 0 Å². The third-order valence-electron chi connectivity index (χ3n) is 1.40. The van der Waals surface area contributed by atoms with Crippen LogP contribution in [0, 0.1) is 5.82 Å². The number of nitrogen functional groups attached to an aromatic ring is 1. The molecule has 0 saturated carbocycles. The number of nitrogens with one attached hydrogen (secondary N) is 1. The summed E-state index contributed by atoms with van der Waals surface area (Å²) in [5.74, 6) is 4.92. The Morgan fingerprint density at radius 1 is 1.58 bits per heavy atom. The van der Waals surface area contributed by atoms with Crippen LogP contribution in [0.4, 0.5) is 10.1 Å². The molecule has 0 unspecified atom stereocenters. The monoisotopic (exact) mass is 190 g/mol. The maximum absolute atomic E-state index is 12.8. The quantitative estimate of drug-likeness (QED) is 0.552. The second-order valence-corrected chi connectivity index (χ2v) is 2.52. The molecule has 0 aliphatic carbocycles. The fraction of sp³-hybridized carbons (Fsp3) is 0.143. The molecule has 1 aromatic carbocycles. The average Bonchev–Trinajstić information content (AvgIpc) is 2.09. The molecule has 1 aromatic rings. The van der Waals surface area contributed by atoms with Crippen molar-refractivity contribution in [1.29, 1.82) is 0 Å². The SMILES string of the molecule is COc1cc(F)c(Cl)cc1NN. The summed E-state index contributed by atoms with van der Waals surface area (Å²) in [6.45, 7) is 0. The van der Waals surface area contributed by atoms with Gasteiger partial charge in [-0.2, -0.15) is 0 Å². The van der Waals surface area contributed by atoms with Crippen LogP contribution in [0.1, 0.15) is 0 Å². The maximum atomic E-state index is 12.8. The molecular formula is C7H8ClFN2O. The van der Waals surface area contributed by atoms with E-state index in [2.05, 4.69) is 5.43 Å². The zero-order valence-corrected chi connectivity index (χ0v) is 7.15. The van der Waals surface area contributed by atoms with Gasteiger partial charge >= 0.3 is 0 Å². The van der Waals surface area contributed by atoms with Crippen molar-refractivity contribution in [1.82, 2.24) is 0 Å². The van der Waals surface area contributed by atoms with Crippen molar-refractivity contribution in [2.24, 2.45) is 5.84 Å². The number of nitrogens with two attached hydrogens (primary N) is 1. The molecule has 1 rings (SSSR count). The molecule has 0 heterocycles. The summed E-state index contributed by atoms with van der Waals surface area (Å²) in [5.41, 5.74) is 2.79.